The molecule has 4 aromatic rings. The van der Waals surface area contributed by atoms with E-state index in [0.29, 0.717) is 16.5 Å². The fourth-order valence-corrected chi connectivity index (χ4v) is 5.06. The van der Waals surface area contributed by atoms with Gasteiger partial charge in [0.05, 0.1) is 34.2 Å². The summed E-state index contributed by atoms with van der Waals surface area (Å²) < 4.78 is 70.6. The normalized spacial score (nSPS) is 12.1. The molecule has 0 aliphatic heterocycles. The van der Waals surface area contributed by atoms with Crippen LogP contribution in [-0.2, 0) is 21.0 Å². The molecule has 0 spiro atoms. The zero-order valence-corrected chi connectivity index (χ0v) is 21.2. The van der Waals surface area contributed by atoms with Crippen molar-refractivity contribution in [3.05, 3.63) is 65.4 Å². The maximum atomic E-state index is 13.8. The van der Waals surface area contributed by atoms with E-state index >= 15 is 0 Å². The second kappa shape index (κ2) is 10.2. The first kappa shape index (κ1) is 26.7. The minimum atomic E-state index is -4.83. The average Bonchev–Trinajstić information content (AvgIpc) is 3.27. The number of alkyl halides is 3. The topological polar surface area (TPSA) is 129 Å². The molecule has 194 valence electrons. The number of nitrogens with zero attached hydrogens (tertiary/aromatic N) is 3. The lowest BCUT2D eigenvalue weighted by Crippen LogP contribution is -2.17. The molecule has 37 heavy (non-hydrogen) atoms. The number of benzene rings is 3. The number of aromatic nitrogens is 3. The third kappa shape index (κ3) is 5.66. The van der Waals surface area contributed by atoms with Gasteiger partial charge in [-0.3, -0.25) is 9.36 Å². The Hall–Kier alpha value is -3.33. The van der Waals surface area contributed by atoms with Gasteiger partial charge in [-0.05, 0) is 30.3 Å². The fourth-order valence-electron chi connectivity index (χ4n) is 3.48. The number of carbonyl (C=O) groups is 1. The summed E-state index contributed by atoms with van der Waals surface area (Å²) in [5, 5.41) is 15.3. The Morgan fingerprint density at radius 3 is 2.46 bits per heavy atom. The van der Waals surface area contributed by atoms with E-state index in [1.165, 1.54) is 25.3 Å². The van der Waals surface area contributed by atoms with E-state index in [0.717, 1.165) is 28.5 Å². The van der Waals surface area contributed by atoms with Crippen LogP contribution >= 0.6 is 23.4 Å². The molecule has 0 radical (unpaired) electrons. The minimum absolute atomic E-state index is 0.0860. The standard InChI is InChI=1S/C22H17ClF3N5O4S2/c1-35-18-9-8-17(13-4-2-3-5-14(13)18)31-20(22(24,25)26)29-30-21(31)36-11-19(32)28-16-7-6-12(10-15(16)23)37(27,33)34/h2-10H,11H2,1H3,(H,28,32)(H2,27,33,34). The van der Waals surface area contributed by atoms with Crippen molar-refractivity contribution in [1.82, 2.24) is 14.8 Å². The lowest BCUT2D eigenvalue weighted by atomic mass is 10.1. The van der Waals surface area contributed by atoms with Gasteiger partial charge in [-0.15, -0.1) is 10.2 Å². The third-order valence-electron chi connectivity index (χ3n) is 5.08. The van der Waals surface area contributed by atoms with Crippen LogP contribution in [-0.4, -0.2) is 42.0 Å². The van der Waals surface area contributed by atoms with Crippen molar-refractivity contribution in [2.75, 3.05) is 18.2 Å². The Labute approximate surface area is 217 Å². The largest absolute Gasteiger partial charge is 0.496 e. The van der Waals surface area contributed by atoms with Crippen molar-refractivity contribution < 1.29 is 31.1 Å². The zero-order valence-electron chi connectivity index (χ0n) is 18.8. The summed E-state index contributed by atoms with van der Waals surface area (Å²) >= 11 is 6.76. The Kier molecular flexibility index (Phi) is 7.37. The maximum absolute atomic E-state index is 13.8. The molecule has 1 aromatic heterocycles. The number of methoxy groups -OCH3 is 1. The monoisotopic (exact) mass is 571 g/mol. The highest BCUT2D eigenvalue weighted by Crippen LogP contribution is 2.37. The van der Waals surface area contributed by atoms with Crippen LogP contribution in [0.1, 0.15) is 5.82 Å². The minimum Gasteiger partial charge on any atom is -0.496 e. The first-order valence-electron chi connectivity index (χ1n) is 10.2. The van der Waals surface area contributed by atoms with E-state index in [1.807, 2.05) is 0 Å². The number of amides is 1. The predicted octanol–water partition coefficient (Wildman–Crippen LogP) is 4.48. The molecule has 0 fully saturated rings. The number of ether oxygens (including phenoxy) is 1. The van der Waals surface area contributed by atoms with E-state index in [2.05, 4.69) is 15.5 Å². The van der Waals surface area contributed by atoms with Crippen molar-refractivity contribution in [3.8, 4) is 11.4 Å². The molecule has 9 nitrogen and oxygen atoms in total. The quantitative estimate of drug-likeness (QED) is 0.313. The number of primary sulfonamides is 1. The van der Waals surface area contributed by atoms with E-state index in [1.54, 1.807) is 24.3 Å². The van der Waals surface area contributed by atoms with Crippen LogP contribution in [0.4, 0.5) is 18.9 Å². The van der Waals surface area contributed by atoms with Gasteiger partial charge in [0, 0.05) is 10.8 Å². The second-order valence-electron chi connectivity index (χ2n) is 7.50. The highest BCUT2D eigenvalue weighted by molar-refractivity contribution is 7.99. The van der Waals surface area contributed by atoms with Crippen LogP contribution in [0.15, 0.2) is 64.6 Å². The van der Waals surface area contributed by atoms with Gasteiger partial charge in [0.15, 0.2) is 5.16 Å². The lowest BCUT2D eigenvalue weighted by molar-refractivity contribution is -0.146. The molecule has 0 bridgehead atoms. The van der Waals surface area contributed by atoms with Crippen LogP contribution in [0.25, 0.3) is 16.5 Å². The third-order valence-corrected chi connectivity index (χ3v) is 7.24. The number of hydrogen-bond acceptors (Lipinski definition) is 7. The summed E-state index contributed by atoms with van der Waals surface area (Å²) in [7, 11) is -2.54. The van der Waals surface area contributed by atoms with Gasteiger partial charge in [0.25, 0.3) is 0 Å². The molecule has 3 N–H and O–H groups in total. The number of nitrogens with two attached hydrogens (primary N) is 1. The average molecular weight is 572 g/mol. The predicted molar refractivity (Wildman–Crippen MR) is 133 cm³/mol. The summed E-state index contributed by atoms with van der Waals surface area (Å²) in [4.78, 5) is 12.3. The molecule has 0 atom stereocenters. The Morgan fingerprint density at radius 1 is 1.14 bits per heavy atom. The lowest BCUT2D eigenvalue weighted by Gasteiger charge is -2.16. The van der Waals surface area contributed by atoms with Gasteiger partial charge in [0.2, 0.25) is 21.8 Å². The number of halogens is 4. The van der Waals surface area contributed by atoms with Crippen molar-refractivity contribution in [2.24, 2.45) is 5.14 Å². The zero-order chi connectivity index (χ0) is 27.0. The van der Waals surface area contributed by atoms with Crippen LogP contribution < -0.4 is 15.2 Å². The van der Waals surface area contributed by atoms with Gasteiger partial charge in [-0.25, -0.2) is 13.6 Å². The van der Waals surface area contributed by atoms with Gasteiger partial charge in [-0.2, -0.15) is 13.2 Å². The molecule has 0 aliphatic carbocycles. The first-order valence-corrected chi connectivity index (χ1v) is 13.1. The number of thioether (sulfide) groups is 1. The molecule has 4 rings (SSSR count). The summed E-state index contributed by atoms with van der Waals surface area (Å²) in [6.07, 6.45) is -4.83. The molecule has 0 unspecified atom stereocenters. The number of sulfonamides is 1. The van der Waals surface area contributed by atoms with Gasteiger partial charge in [-0.1, -0.05) is 47.6 Å². The number of nitrogens with one attached hydrogen (secondary N) is 1. The number of carbonyl (C=O) groups excluding carboxylic acids is 1. The van der Waals surface area contributed by atoms with Gasteiger partial charge in [0.1, 0.15) is 5.75 Å². The van der Waals surface area contributed by atoms with Crippen LogP contribution in [0, 0.1) is 0 Å². The van der Waals surface area contributed by atoms with Crippen LogP contribution in [0.5, 0.6) is 5.75 Å². The Morgan fingerprint density at radius 2 is 1.84 bits per heavy atom. The number of rotatable bonds is 7. The fraction of sp³-hybridized carbons (Fsp3) is 0.136. The number of anilines is 1. The highest BCUT2D eigenvalue weighted by atomic mass is 35.5. The molecule has 0 saturated heterocycles. The van der Waals surface area contributed by atoms with Crippen molar-refractivity contribution in [2.45, 2.75) is 16.2 Å². The Bertz CT molecular complexity index is 1610. The van der Waals surface area contributed by atoms with Crippen molar-refractivity contribution in [3.63, 3.8) is 0 Å². The Balaban J connectivity index is 1.65. The highest BCUT2D eigenvalue weighted by Gasteiger charge is 2.39. The molecular formula is C22H17ClF3N5O4S2. The first-order chi connectivity index (χ1) is 17.4. The van der Waals surface area contributed by atoms with E-state index < -0.39 is 27.9 Å². The van der Waals surface area contributed by atoms with E-state index in [4.69, 9.17) is 21.5 Å². The summed E-state index contributed by atoms with van der Waals surface area (Å²) in [6, 6.07) is 13.2. The molecule has 1 amide bonds. The van der Waals surface area contributed by atoms with E-state index in [9.17, 15) is 26.4 Å². The molecular weight excluding hydrogens is 555 g/mol. The molecule has 3 aromatic carbocycles. The van der Waals surface area contributed by atoms with Crippen molar-refractivity contribution >= 4 is 55.8 Å². The molecule has 1 heterocycles. The molecule has 15 heteroatoms. The number of hydrogen-bond donors (Lipinski definition) is 2. The van der Waals surface area contributed by atoms with Gasteiger partial charge < -0.3 is 10.1 Å². The van der Waals surface area contributed by atoms with Gasteiger partial charge >= 0.3 is 6.18 Å². The van der Waals surface area contributed by atoms with Crippen molar-refractivity contribution in [1.29, 1.82) is 0 Å². The summed E-state index contributed by atoms with van der Waals surface area (Å²) in [6.45, 7) is 0. The summed E-state index contributed by atoms with van der Waals surface area (Å²) in [5.41, 5.74) is 0.247. The van der Waals surface area contributed by atoms with Crippen LogP contribution in [0.3, 0.4) is 0 Å². The molecule has 0 saturated carbocycles. The number of fused-ring (bicyclic) bond motifs is 1. The smallest absolute Gasteiger partial charge is 0.452 e. The SMILES string of the molecule is COc1ccc(-n2c(SCC(=O)Nc3ccc(S(N)(=O)=O)cc3Cl)nnc2C(F)(F)F)c2ccccc12. The van der Waals surface area contributed by atoms with E-state index in [-0.39, 0.29) is 32.2 Å². The van der Waals surface area contributed by atoms with Crippen LogP contribution in [0.2, 0.25) is 5.02 Å². The summed E-state index contributed by atoms with van der Waals surface area (Å²) in [5.74, 6) is -1.76. The molecule has 0 aliphatic rings. The maximum Gasteiger partial charge on any atom is 0.452 e. The second-order valence-corrected chi connectivity index (χ2v) is 10.4.